The van der Waals surface area contributed by atoms with E-state index in [1.54, 1.807) is 16.4 Å². The number of aryl methyl sites for hydroxylation is 1. The highest BCUT2D eigenvalue weighted by atomic mass is 32.2. The van der Waals surface area contributed by atoms with Gasteiger partial charge in [0.15, 0.2) is 0 Å². The number of hydrogen-bond donors (Lipinski definition) is 2. The average molecular weight is 433 g/mol. The number of aliphatic imine (C=N–C) groups is 1. The molecule has 0 radical (unpaired) electrons. The van der Waals surface area contributed by atoms with Crippen LogP contribution in [0.15, 0.2) is 34.2 Å². The maximum Gasteiger partial charge on any atom is 0.243 e. The molecular weight excluding hydrogens is 396 g/mol. The normalized spacial score (nSPS) is 23.3. The summed E-state index contributed by atoms with van der Waals surface area (Å²) in [6, 6.07) is 7.95. The molecule has 4 rings (SSSR count). The number of rotatable bonds is 5. The number of piperidine rings is 1. The van der Waals surface area contributed by atoms with Gasteiger partial charge in [0.1, 0.15) is 5.84 Å². The highest BCUT2D eigenvalue weighted by Crippen LogP contribution is 2.30. The van der Waals surface area contributed by atoms with Crippen molar-refractivity contribution in [1.29, 1.82) is 0 Å². The molecule has 6 nitrogen and oxygen atoms in total. The van der Waals surface area contributed by atoms with E-state index in [0.29, 0.717) is 24.0 Å². The Labute approximate surface area is 181 Å². The van der Waals surface area contributed by atoms with Gasteiger partial charge in [-0.1, -0.05) is 38.3 Å². The molecule has 0 bridgehead atoms. The molecular formula is C23H36N4O2S. The Balaban J connectivity index is 1.46. The van der Waals surface area contributed by atoms with Gasteiger partial charge in [-0.15, -0.1) is 0 Å². The summed E-state index contributed by atoms with van der Waals surface area (Å²) < 4.78 is 28.1. The van der Waals surface area contributed by atoms with Crippen LogP contribution in [0.25, 0.3) is 0 Å². The van der Waals surface area contributed by atoms with Crippen LogP contribution in [-0.2, 0) is 16.4 Å². The molecule has 2 fully saturated rings. The van der Waals surface area contributed by atoms with Gasteiger partial charge in [0.25, 0.3) is 0 Å². The second-order valence-electron chi connectivity index (χ2n) is 9.02. The van der Waals surface area contributed by atoms with Crippen LogP contribution in [0, 0.1) is 0 Å². The molecule has 30 heavy (non-hydrogen) atoms. The van der Waals surface area contributed by atoms with Crippen molar-refractivity contribution in [2.45, 2.75) is 81.2 Å². The Morgan fingerprint density at radius 2 is 1.83 bits per heavy atom. The van der Waals surface area contributed by atoms with E-state index in [4.69, 9.17) is 4.99 Å². The lowest BCUT2D eigenvalue weighted by atomic mass is 9.86. The van der Waals surface area contributed by atoms with Crippen molar-refractivity contribution in [1.82, 2.24) is 14.9 Å². The first kappa shape index (κ1) is 21.8. The minimum atomic E-state index is -3.45. The van der Waals surface area contributed by atoms with Crippen molar-refractivity contribution in [2.24, 2.45) is 4.99 Å². The SMILES string of the molecule is CCCc1ccc(S(=O)(=O)N2CCC3(CC2)NCCCN=C3NC2CCCC2)cc1. The minimum Gasteiger partial charge on any atom is -0.370 e. The van der Waals surface area contributed by atoms with E-state index < -0.39 is 10.0 Å². The lowest BCUT2D eigenvalue weighted by Crippen LogP contribution is -2.63. The zero-order valence-electron chi connectivity index (χ0n) is 18.2. The summed E-state index contributed by atoms with van der Waals surface area (Å²) in [4.78, 5) is 5.32. The van der Waals surface area contributed by atoms with Gasteiger partial charge in [0, 0.05) is 25.7 Å². The molecule has 7 heteroatoms. The number of nitrogens with zero attached hydrogens (tertiary/aromatic N) is 2. The third-order valence-corrected chi connectivity index (χ3v) is 8.81. The van der Waals surface area contributed by atoms with E-state index in [-0.39, 0.29) is 5.54 Å². The Kier molecular flexibility index (Phi) is 6.80. The first-order valence-corrected chi connectivity index (χ1v) is 13.1. The molecule has 0 amide bonds. The van der Waals surface area contributed by atoms with Gasteiger partial charge in [0.2, 0.25) is 10.0 Å². The van der Waals surface area contributed by atoms with Crippen LogP contribution in [0.3, 0.4) is 0 Å². The van der Waals surface area contributed by atoms with Crippen LogP contribution in [0.5, 0.6) is 0 Å². The lowest BCUT2D eigenvalue weighted by molar-refractivity contribution is 0.247. The average Bonchev–Trinajstić information content (AvgIpc) is 3.20. The van der Waals surface area contributed by atoms with Crippen LogP contribution in [0.1, 0.15) is 63.9 Å². The Morgan fingerprint density at radius 1 is 1.13 bits per heavy atom. The van der Waals surface area contributed by atoms with Crippen molar-refractivity contribution in [2.75, 3.05) is 26.2 Å². The monoisotopic (exact) mass is 432 g/mol. The third-order valence-electron chi connectivity index (χ3n) is 6.89. The van der Waals surface area contributed by atoms with Crippen molar-refractivity contribution in [3.8, 4) is 0 Å². The predicted octanol–water partition coefficient (Wildman–Crippen LogP) is 3.09. The fourth-order valence-electron chi connectivity index (χ4n) is 5.07. The fourth-order valence-corrected chi connectivity index (χ4v) is 6.51. The fraction of sp³-hybridized carbons (Fsp3) is 0.696. The molecule has 0 aromatic heterocycles. The van der Waals surface area contributed by atoms with Gasteiger partial charge in [0.05, 0.1) is 10.4 Å². The second-order valence-corrected chi connectivity index (χ2v) is 11.0. The van der Waals surface area contributed by atoms with Gasteiger partial charge >= 0.3 is 0 Å². The smallest absolute Gasteiger partial charge is 0.243 e. The highest BCUT2D eigenvalue weighted by molar-refractivity contribution is 7.89. The summed E-state index contributed by atoms with van der Waals surface area (Å²) in [5.74, 6) is 1.08. The van der Waals surface area contributed by atoms with E-state index in [2.05, 4.69) is 17.6 Å². The van der Waals surface area contributed by atoms with Crippen LogP contribution in [0.2, 0.25) is 0 Å². The van der Waals surface area contributed by atoms with E-state index >= 15 is 0 Å². The van der Waals surface area contributed by atoms with Crippen molar-refractivity contribution in [3.63, 3.8) is 0 Å². The molecule has 1 aromatic rings. The number of sulfonamides is 1. The first-order chi connectivity index (χ1) is 14.5. The summed E-state index contributed by atoms with van der Waals surface area (Å²) in [5, 5.41) is 7.48. The molecule has 2 heterocycles. The standard InChI is InChI=1S/C23H36N4O2S/c1-2-6-19-9-11-21(12-10-19)30(28,29)27-17-13-23(14-18-27)22(24-15-5-16-25-23)26-20-7-3-4-8-20/h9-12,20,25H,2-8,13-18H2,1H3,(H,24,26). The first-order valence-electron chi connectivity index (χ1n) is 11.7. The van der Waals surface area contributed by atoms with Gasteiger partial charge in [-0.05, 0) is 62.8 Å². The van der Waals surface area contributed by atoms with Gasteiger partial charge in [-0.2, -0.15) is 4.31 Å². The topological polar surface area (TPSA) is 73.8 Å². The summed E-state index contributed by atoms with van der Waals surface area (Å²) >= 11 is 0. The van der Waals surface area contributed by atoms with E-state index in [0.717, 1.165) is 51.0 Å². The Hall–Kier alpha value is -1.44. The van der Waals surface area contributed by atoms with E-state index in [1.165, 1.54) is 31.2 Å². The Morgan fingerprint density at radius 3 is 2.50 bits per heavy atom. The molecule has 2 N–H and O–H groups in total. The van der Waals surface area contributed by atoms with Gasteiger partial charge in [-0.3, -0.25) is 4.99 Å². The maximum atomic E-state index is 13.2. The summed E-state index contributed by atoms with van der Waals surface area (Å²) in [7, 11) is -3.45. The van der Waals surface area contributed by atoms with Crippen LogP contribution >= 0.6 is 0 Å². The Bertz CT molecular complexity index is 836. The third kappa shape index (κ3) is 4.58. The zero-order chi connectivity index (χ0) is 21.0. The number of amidine groups is 1. The van der Waals surface area contributed by atoms with Gasteiger partial charge in [-0.25, -0.2) is 8.42 Å². The molecule has 0 unspecified atom stereocenters. The molecule has 0 atom stereocenters. The molecule has 1 spiro atoms. The number of benzene rings is 1. The van der Waals surface area contributed by atoms with Crippen LogP contribution < -0.4 is 10.6 Å². The molecule has 1 aromatic carbocycles. The highest BCUT2D eigenvalue weighted by Gasteiger charge is 2.43. The van der Waals surface area contributed by atoms with Crippen molar-refractivity contribution in [3.05, 3.63) is 29.8 Å². The molecule has 1 aliphatic carbocycles. The van der Waals surface area contributed by atoms with Gasteiger partial charge < -0.3 is 10.6 Å². The molecule has 166 valence electrons. The zero-order valence-corrected chi connectivity index (χ0v) is 19.0. The van der Waals surface area contributed by atoms with Crippen LogP contribution in [-0.4, -0.2) is 56.3 Å². The maximum absolute atomic E-state index is 13.2. The van der Waals surface area contributed by atoms with Crippen molar-refractivity contribution < 1.29 is 8.42 Å². The summed E-state index contributed by atoms with van der Waals surface area (Å²) in [5.41, 5.74) is 0.978. The quantitative estimate of drug-likeness (QED) is 0.750. The van der Waals surface area contributed by atoms with E-state index in [9.17, 15) is 8.42 Å². The van der Waals surface area contributed by atoms with Crippen LogP contribution in [0.4, 0.5) is 0 Å². The predicted molar refractivity (Wildman–Crippen MR) is 121 cm³/mol. The summed E-state index contributed by atoms with van der Waals surface area (Å²) in [6.07, 6.45) is 9.59. The number of nitrogens with one attached hydrogen (secondary N) is 2. The molecule has 3 aliphatic rings. The lowest BCUT2D eigenvalue weighted by Gasteiger charge is -2.43. The van der Waals surface area contributed by atoms with E-state index in [1.807, 2.05) is 12.1 Å². The largest absolute Gasteiger partial charge is 0.370 e. The molecule has 2 aliphatic heterocycles. The van der Waals surface area contributed by atoms with Crippen molar-refractivity contribution >= 4 is 15.9 Å². The molecule has 1 saturated carbocycles. The number of hydrogen-bond acceptors (Lipinski definition) is 5. The minimum absolute atomic E-state index is 0.212. The second kappa shape index (κ2) is 9.37. The summed E-state index contributed by atoms with van der Waals surface area (Å²) in [6.45, 7) is 4.96. The molecule has 1 saturated heterocycles.